The molecule has 1 rings (SSSR count). The Labute approximate surface area is 100 Å². The van der Waals surface area contributed by atoms with Crippen molar-refractivity contribution < 1.29 is 13.2 Å². The summed E-state index contributed by atoms with van der Waals surface area (Å²) in [6.07, 6.45) is -3.58. The molecule has 0 spiro atoms. The highest BCUT2D eigenvalue weighted by atomic mass is 19.4. The second kappa shape index (κ2) is 5.54. The van der Waals surface area contributed by atoms with E-state index in [1.165, 1.54) is 0 Å². The molecule has 0 radical (unpaired) electrons. The molecular formula is C13H18F3N. The molecule has 1 aromatic rings. The second-order valence-corrected chi connectivity index (χ2v) is 4.35. The third kappa shape index (κ3) is 4.04. The average Bonchev–Trinajstić information content (AvgIpc) is 2.14. The van der Waals surface area contributed by atoms with Crippen molar-refractivity contribution in [1.29, 1.82) is 0 Å². The van der Waals surface area contributed by atoms with Crippen LogP contribution in [-0.4, -0.2) is 12.7 Å². The maximum absolute atomic E-state index is 12.9. The van der Waals surface area contributed by atoms with Crippen molar-refractivity contribution in [2.75, 3.05) is 6.54 Å². The molecular weight excluding hydrogens is 227 g/mol. The molecule has 1 unspecified atom stereocenters. The van der Waals surface area contributed by atoms with Gasteiger partial charge in [0.15, 0.2) is 0 Å². The predicted molar refractivity (Wildman–Crippen MR) is 63.0 cm³/mol. The Hall–Kier alpha value is -1.03. The Balaban J connectivity index is 3.03. The van der Waals surface area contributed by atoms with Crippen LogP contribution in [0.25, 0.3) is 0 Å². The van der Waals surface area contributed by atoms with E-state index in [1.807, 2.05) is 26.8 Å². The Bertz CT molecular complexity index is 351. The molecule has 1 atom stereocenters. The van der Waals surface area contributed by atoms with Gasteiger partial charge < -0.3 is 5.32 Å². The van der Waals surface area contributed by atoms with Crippen molar-refractivity contribution in [3.05, 3.63) is 34.9 Å². The van der Waals surface area contributed by atoms with E-state index in [0.717, 1.165) is 11.1 Å². The van der Waals surface area contributed by atoms with Gasteiger partial charge >= 0.3 is 6.18 Å². The van der Waals surface area contributed by atoms with E-state index in [0.29, 0.717) is 18.5 Å². The van der Waals surface area contributed by atoms with Gasteiger partial charge in [-0.05, 0) is 32.4 Å². The summed E-state index contributed by atoms with van der Waals surface area (Å²) >= 11 is 0. The number of alkyl halides is 3. The van der Waals surface area contributed by atoms with Crippen LogP contribution in [0.3, 0.4) is 0 Å². The topological polar surface area (TPSA) is 12.0 Å². The van der Waals surface area contributed by atoms with E-state index in [9.17, 15) is 13.2 Å². The van der Waals surface area contributed by atoms with Crippen molar-refractivity contribution in [2.45, 2.75) is 39.4 Å². The zero-order chi connectivity index (χ0) is 13.1. The van der Waals surface area contributed by atoms with Crippen LogP contribution in [0.4, 0.5) is 13.2 Å². The van der Waals surface area contributed by atoms with E-state index < -0.39 is 12.2 Å². The summed E-state index contributed by atoms with van der Waals surface area (Å²) in [7, 11) is 0. The fraction of sp³-hybridized carbons (Fsp3) is 0.538. The monoisotopic (exact) mass is 245 g/mol. The van der Waals surface area contributed by atoms with Gasteiger partial charge in [0, 0.05) is 0 Å². The van der Waals surface area contributed by atoms with E-state index in [4.69, 9.17) is 0 Å². The molecule has 0 aliphatic carbocycles. The minimum absolute atomic E-state index is 0.295. The number of hydrogen-bond donors (Lipinski definition) is 1. The Morgan fingerprint density at radius 2 is 1.65 bits per heavy atom. The summed E-state index contributed by atoms with van der Waals surface area (Å²) in [5.74, 6) is 0. The van der Waals surface area contributed by atoms with Gasteiger partial charge in [-0.3, -0.25) is 0 Å². The van der Waals surface area contributed by atoms with Crippen molar-refractivity contribution in [3.8, 4) is 0 Å². The van der Waals surface area contributed by atoms with Gasteiger partial charge in [-0.15, -0.1) is 0 Å². The highest BCUT2D eigenvalue weighted by Crippen LogP contribution is 2.33. The van der Waals surface area contributed by atoms with Crippen LogP contribution in [-0.2, 0) is 0 Å². The zero-order valence-corrected chi connectivity index (χ0v) is 10.4. The predicted octanol–water partition coefficient (Wildman–Crippen LogP) is 3.91. The van der Waals surface area contributed by atoms with Crippen molar-refractivity contribution in [3.63, 3.8) is 0 Å². The van der Waals surface area contributed by atoms with Crippen LogP contribution < -0.4 is 5.32 Å². The molecule has 1 aromatic carbocycles. The third-order valence-electron chi connectivity index (χ3n) is 2.50. The first-order valence-corrected chi connectivity index (χ1v) is 5.73. The molecule has 0 saturated heterocycles. The normalized spacial score (nSPS) is 13.8. The van der Waals surface area contributed by atoms with Crippen molar-refractivity contribution >= 4 is 0 Å². The van der Waals surface area contributed by atoms with Crippen LogP contribution in [0.15, 0.2) is 18.2 Å². The van der Waals surface area contributed by atoms with E-state index in [2.05, 4.69) is 5.32 Å². The molecule has 1 nitrogen and oxygen atoms in total. The summed E-state index contributed by atoms with van der Waals surface area (Å²) in [5.41, 5.74) is 2.00. The van der Waals surface area contributed by atoms with E-state index >= 15 is 0 Å². The van der Waals surface area contributed by atoms with E-state index in [1.54, 1.807) is 12.1 Å². The third-order valence-corrected chi connectivity index (χ3v) is 2.50. The van der Waals surface area contributed by atoms with Gasteiger partial charge in [0.1, 0.15) is 6.04 Å². The van der Waals surface area contributed by atoms with Gasteiger partial charge in [-0.25, -0.2) is 0 Å². The molecule has 4 heteroatoms. The maximum Gasteiger partial charge on any atom is 0.407 e. The fourth-order valence-electron chi connectivity index (χ4n) is 1.89. The summed E-state index contributed by atoms with van der Waals surface area (Å²) in [5, 5.41) is 2.56. The fourth-order valence-corrected chi connectivity index (χ4v) is 1.89. The summed E-state index contributed by atoms with van der Waals surface area (Å²) in [6.45, 7) is 5.83. The van der Waals surface area contributed by atoms with Crippen LogP contribution in [0.1, 0.15) is 36.1 Å². The first-order chi connectivity index (χ1) is 7.84. The first-order valence-electron chi connectivity index (χ1n) is 5.73. The minimum atomic E-state index is -4.25. The molecule has 17 heavy (non-hydrogen) atoms. The van der Waals surface area contributed by atoms with Crippen LogP contribution in [0.2, 0.25) is 0 Å². The van der Waals surface area contributed by atoms with Gasteiger partial charge in [0.25, 0.3) is 0 Å². The number of aryl methyl sites for hydroxylation is 2. The second-order valence-electron chi connectivity index (χ2n) is 4.35. The number of halogens is 3. The molecule has 1 N–H and O–H groups in total. The molecule has 0 bridgehead atoms. The lowest BCUT2D eigenvalue weighted by atomic mass is 10.0. The largest absolute Gasteiger partial charge is 0.407 e. The highest BCUT2D eigenvalue weighted by molar-refractivity contribution is 5.31. The Morgan fingerprint density at radius 3 is 2.06 bits per heavy atom. The van der Waals surface area contributed by atoms with Gasteiger partial charge in [0.05, 0.1) is 0 Å². The molecule has 0 aromatic heterocycles. The molecule has 0 aliphatic heterocycles. The zero-order valence-electron chi connectivity index (χ0n) is 10.4. The highest BCUT2D eigenvalue weighted by Gasteiger charge is 2.40. The number of hydrogen-bond acceptors (Lipinski definition) is 1. The van der Waals surface area contributed by atoms with Crippen LogP contribution in [0.5, 0.6) is 0 Å². The lowest BCUT2D eigenvalue weighted by Crippen LogP contribution is -2.34. The lowest BCUT2D eigenvalue weighted by molar-refractivity contribution is -0.157. The smallest absolute Gasteiger partial charge is 0.302 e. The summed E-state index contributed by atoms with van der Waals surface area (Å²) in [6, 6.07) is 3.49. The summed E-state index contributed by atoms with van der Waals surface area (Å²) < 4.78 is 38.8. The van der Waals surface area contributed by atoms with Crippen molar-refractivity contribution in [2.24, 2.45) is 0 Å². The lowest BCUT2D eigenvalue weighted by Gasteiger charge is -2.22. The van der Waals surface area contributed by atoms with Gasteiger partial charge in [-0.1, -0.05) is 36.2 Å². The molecule has 0 heterocycles. The molecule has 0 saturated carbocycles. The SMILES string of the molecule is CCCNC(c1cc(C)cc(C)c1)C(F)(F)F. The first kappa shape index (κ1) is 14.0. The number of nitrogens with one attached hydrogen (secondary N) is 1. The van der Waals surface area contributed by atoms with Crippen molar-refractivity contribution in [1.82, 2.24) is 5.32 Å². The molecule has 0 aliphatic rings. The Morgan fingerprint density at radius 1 is 1.12 bits per heavy atom. The van der Waals surface area contributed by atoms with E-state index in [-0.39, 0.29) is 0 Å². The van der Waals surface area contributed by atoms with Gasteiger partial charge in [-0.2, -0.15) is 13.2 Å². The Kier molecular flexibility index (Phi) is 4.57. The van der Waals surface area contributed by atoms with Gasteiger partial charge in [0.2, 0.25) is 0 Å². The van der Waals surface area contributed by atoms with Crippen LogP contribution >= 0.6 is 0 Å². The standard InChI is InChI=1S/C13H18F3N/c1-4-5-17-12(13(14,15)16)11-7-9(2)6-10(3)8-11/h6-8,12,17H,4-5H2,1-3H3. The average molecular weight is 245 g/mol. The number of benzene rings is 1. The van der Waals surface area contributed by atoms with Crippen LogP contribution in [0, 0.1) is 13.8 Å². The number of rotatable bonds is 4. The quantitative estimate of drug-likeness (QED) is 0.848. The molecule has 96 valence electrons. The molecule has 0 amide bonds. The minimum Gasteiger partial charge on any atom is -0.302 e. The molecule has 0 fully saturated rings. The maximum atomic E-state index is 12.9. The summed E-state index contributed by atoms with van der Waals surface area (Å²) in [4.78, 5) is 0.